The summed E-state index contributed by atoms with van der Waals surface area (Å²) in [5, 5.41) is 2.70. The molecule has 3 heterocycles. The highest BCUT2D eigenvalue weighted by Gasteiger charge is 2.39. The van der Waals surface area contributed by atoms with Crippen LogP contribution >= 0.6 is 0 Å². The Morgan fingerprint density at radius 1 is 1.29 bits per heavy atom. The SMILES string of the molecule is O=C1C[C@H](C(=O)N2CC(c3cccnc3)C2)c2cc(F)ccc2N1. The fourth-order valence-corrected chi connectivity index (χ4v) is 3.36. The molecule has 2 amide bonds. The number of carbonyl (C=O) groups is 2. The summed E-state index contributed by atoms with van der Waals surface area (Å²) in [6.07, 6.45) is 3.59. The van der Waals surface area contributed by atoms with Gasteiger partial charge in [-0.2, -0.15) is 0 Å². The molecule has 2 aromatic rings. The molecule has 1 N–H and O–H groups in total. The number of nitrogens with zero attached hydrogens (tertiary/aromatic N) is 2. The third-order valence-corrected chi connectivity index (χ3v) is 4.70. The van der Waals surface area contributed by atoms with Crippen molar-refractivity contribution in [2.75, 3.05) is 18.4 Å². The van der Waals surface area contributed by atoms with Gasteiger partial charge in [0.25, 0.3) is 0 Å². The van der Waals surface area contributed by atoms with E-state index in [-0.39, 0.29) is 24.2 Å². The number of amides is 2. The first-order valence-electron chi connectivity index (χ1n) is 7.90. The molecule has 0 saturated carbocycles. The molecular formula is C18H16FN3O2. The minimum Gasteiger partial charge on any atom is -0.341 e. The minimum atomic E-state index is -0.612. The predicted molar refractivity (Wildman–Crippen MR) is 85.9 cm³/mol. The molecule has 1 saturated heterocycles. The zero-order chi connectivity index (χ0) is 16.7. The Hall–Kier alpha value is -2.76. The van der Waals surface area contributed by atoms with Gasteiger partial charge < -0.3 is 10.2 Å². The molecule has 0 aliphatic carbocycles. The van der Waals surface area contributed by atoms with E-state index in [1.165, 1.54) is 18.2 Å². The van der Waals surface area contributed by atoms with Crippen molar-refractivity contribution in [2.45, 2.75) is 18.3 Å². The molecule has 24 heavy (non-hydrogen) atoms. The summed E-state index contributed by atoms with van der Waals surface area (Å²) in [5.41, 5.74) is 2.19. The second-order valence-corrected chi connectivity index (χ2v) is 6.26. The molecule has 1 atom stereocenters. The molecule has 1 aromatic heterocycles. The number of hydrogen-bond acceptors (Lipinski definition) is 3. The van der Waals surface area contributed by atoms with E-state index in [4.69, 9.17) is 0 Å². The lowest BCUT2D eigenvalue weighted by Gasteiger charge is -2.42. The molecule has 1 fully saturated rings. The first-order valence-corrected chi connectivity index (χ1v) is 7.90. The van der Waals surface area contributed by atoms with E-state index in [0.29, 0.717) is 24.3 Å². The van der Waals surface area contributed by atoms with E-state index in [1.54, 1.807) is 11.1 Å². The summed E-state index contributed by atoms with van der Waals surface area (Å²) >= 11 is 0. The van der Waals surface area contributed by atoms with Gasteiger partial charge in [-0.15, -0.1) is 0 Å². The van der Waals surface area contributed by atoms with Crippen molar-refractivity contribution in [2.24, 2.45) is 0 Å². The fourth-order valence-electron chi connectivity index (χ4n) is 3.36. The van der Waals surface area contributed by atoms with Crippen LogP contribution in [0.2, 0.25) is 0 Å². The normalized spacial score (nSPS) is 20.1. The van der Waals surface area contributed by atoms with Gasteiger partial charge in [-0.05, 0) is 35.4 Å². The Morgan fingerprint density at radius 2 is 2.12 bits per heavy atom. The number of rotatable bonds is 2. The third kappa shape index (κ3) is 2.54. The van der Waals surface area contributed by atoms with Crippen LogP contribution in [0, 0.1) is 5.82 Å². The van der Waals surface area contributed by atoms with Crippen LogP contribution in [-0.2, 0) is 9.59 Å². The monoisotopic (exact) mass is 325 g/mol. The molecule has 0 unspecified atom stereocenters. The highest BCUT2D eigenvalue weighted by Crippen LogP contribution is 2.37. The van der Waals surface area contributed by atoms with Crippen molar-refractivity contribution in [3.8, 4) is 0 Å². The Labute approximate surface area is 138 Å². The van der Waals surface area contributed by atoms with Crippen molar-refractivity contribution in [3.05, 3.63) is 59.7 Å². The number of aromatic nitrogens is 1. The summed E-state index contributed by atoms with van der Waals surface area (Å²) in [7, 11) is 0. The molecule has 0 bridgehead atoms. The van der Waals surface area contributed by atoms with E-state index in [1.807, 2.05) is 18.3 Å². The third-order valence-electron chi connectivity index (χ3n) is 4.70. The van der Waals surface area contributed by atoms with Crippen LogP contribution < -0.4 is 5.32 Å². The lowest BCUT2D eigenvalue weighted by molar-refractivity contribution is -0.139. The molecule has 5 nitrogen and oxygen atoms in total. The molecule has 122 valence electrons. The molecule has 0 radical (unpaired) electrons. The summed E-state index contributed by atoms with van der Waals surface area (Å²) in [6, 6.07) is 8.02. The highest BCUT2D eigenvalue weighted by atomic mass is 19.1. The topological polar surface area (TPSA) is 62.3 Å². The van der Waals surface area contributed by atoms with Crippen LogP contribution in [0.3, 0.4) is 0 Å². The molecule has 0 spiro atoms. The van der Waals surface area contributed by atoms with E-state index < -0.39 is 11.7 Å². The van der Waals surface area contributed by atoms with Crippen molar-refractivity contribution < 1.29 is 14.0 Å². The number of halogens is 1. The Kier molecular flexibility index (Phi) is 3.52. The number of pyridine rings is 1. The van der Waals surface area contributed by atoms with Gasteiger partial charge in [0.2, 0.25) is 11.8 Å². The maximum Gasteiger partial charge on any atom is 0.230 e. The van der Waals surface area contributed by atoms with Crippen LogP contribution in [0.5, 0.6) is 0 Å². The number of anilines is 1. The zero-order valence-corrected chi connectivity index (χ0v) is 12.9. The molecule has 2 aliphatic heterocycles. The first-order chi connectivity index (χ1) is 11.6. The van der Waals surface area contributed by atoms with Crippen molar-refractivity contribution in [1.29, 1.82) is 0 Å². The van der Waals surface area contributed by atoms with Crippen molar-refractivity contribution in [3.63, 3.8) is 0 Å². The Bertz CT molecular complexity index is 803. The quantitative estimate of drug-likeness (QED) is 0.921. The summed E-state index contributed by atoms with van der Waals surface area (Å²) in [4.78, 5) is 30.5. The largest absolute Gasteiger partial charge is 0.341 e. The van der Waals surface area contributed by atoms with Crippen LogP contribution in [0.25, 0.3) is 0 Å². The number of carbonyl (C=O) groups excluding carboxylic acids is 2. The molecule has 2 aliphatic rings. The summed E-state index contributed by atoms with van der Waals surface area (Å²) in [6.45, 7) is 1.21. The fraction of sp³-hybridized carbons (Fsp3) is 0.278. The average molecular weight is 325 g/mol. The maximum atomic E-state index is 13.6. The van der Waals surface area contributed by atoms with Gasteiger partial charge in [0.15, 0.2) is 0 Å². The average Bonchev–Trinajstić information content (AvgIpc) is 2.54. The van der Waals surface area contributed by atoms with Gasteiger partial charge in [-0.25, -0.2) is 4.39 Å². The zero-order valence-electron chi connectivity index (χ0n) is 12.9. The molecular weight excluding hydrogens is 309 g/mol. The van der Waals surface area contributed by atoms with Crippen LogP contribution in [0.1, 0.15) is 29.4 Å². The van der Waals surface area contributed by atoms with Crippen LogP contribution in [-0.4, -0.2) is 34.8 Å². The van der Waals surface area contributed by atoms with E-state index in [9.17, 15) is 14.0 Å². The van der Waals surface area contributed by atoms with Gasteiger partial charge in [0.05, 0.1) is 5.92 Å². The number of benzene rings is 1. The van der Waals surface area contributed by atoms with Gasteiger partial charge in [0, 0.05) is 43.5 Å². The van der Waals surface area contributed by atoms with E-state index >= 15 is 0 Å². The molecule has 6 heteroatoms. The number of likely N-dealkylation sites (tertiary alicyclic amines) is 1. The standard InChI is InChI=1S/C18H16FN3O2/c19-13-3-4-16-14(6-13)15(7-17(23)21-16)18(24)22-9-12(10-22)11-2-1-5-20-8-11/h1-6,8,12,15H,7,9-10H2,(H,21,23)/t15-/m0/s1. The van der Waals surface area contributed by atoms with Crippen molar-refractivity contribution in [1.82, 2.24) is 9.88 Å². The smallest absolute Gasteiger partial charge is 0.230 e. The second kappa shape index (κ2) is 5.70. The minimum absolute atomic E-state index is 0.0589. The van der Waals surface area contributed by atoms with E-state index in [2.05, 4.69) is 10.3 Å². The summed E-state index contributed by atoms with van der Waals surface area (Å²) in [5.74, 6) is -1.07. The maximum absolute atomic E-state index is 13.6. The second-order valence-electron chi connectivity index (χ2n) is 6.26. The number of fused-ring (bicyclic) bond motifs is 1. The Balaban J connectivity index is 1.52. The van der Waals surface area contributed by atoms with Crippen molar-refractivity contribution >= 4 is 17.5 Å². The molecule has 1 aromatic carbocycles. The van der Waals surface area contributed by atoms with Gasteiger partial charge in [0.1, 0.15) is 5.82 Å². The lowest BCUT2D eigenvalue weighted by atomic mass is 9.86. The summed E-state index contributed by atoms with van der Waals surface area (Å²) < 4.78 is 13.6. The van der Waals surface area contributed by atoms with Crippen LogP contribution in [0.15, 0.2) is 42.7 Å². The lowest BCUT2D eigenvalue weighted by Crippen LogP contribution is -2.51. The van der Waals surface area contributed by atoms with Gasteiger partial charge in [-0.1, -0.05) is 6.07 Å². The van der Waals surface area contributed by atoms with Crippen LogP contribution in [0.4, 0.5) is 10.1 Å². The predicted octanol–water partition coefficient (Wildman–Crippen LogP) is 2.27. The van der Waals surface area contributed by atoms with E-state index in [0.717, 1.165) is 5.56 Å². The number of hydrogen-bond donors (Lipinski definition) is 1. The first kappa shape index (κ1) is 14.8. The number of nitrogens with one attached hydrogen (secondary N) is 1. The molecule has 4 rings (SSSR count). The van der Waals surface area contributed by atoms with Gasteiger partial charge >= 0.3 is 0 Å². The Morgan fingerprint density at radius 3 is 2.88 bits per heavy atom. The van der Waals surface area contributed by atoms with Gasteiger partial charge in [-0.3, -0.25) is 14.6 Å². The highest BCUT2D eigenvalue weighted by molar-refractivity contribution is 6.01.